The highest BCUT2D eigenvalue weighted by Gasteiger charge is 2.19. The molecule has 65 heavy (non-hydrogen) atoms. The number of carbonyl (C=O) groups excluding carboxylic acids is 3. The van der Waals surface area contributed by atoms with Crippen LogP contribution in [0.5, 0.6) is 0 Å². The maximum atomic E-state index is 12.8. The fourth-order valence-corrected chi connectivity index (χ4v) is 7.58. The van der Waals surface area contributed by atoms with Crippen LogP contribution in [0, 0.1) is 0 Å². The Morgan fingerprint density at radius 3 is 0.954 bits per heavy atom. The van der Waals surface area contributed by atoms with Gasteiger partial charge >= 0.3 is 17.9 Å². The smallest absolute Gasteiger partial charge is 0.306 e. The van der Waals surface area contributed by atoms with Gasteiger partial charge in [0.05, 0.1) is 0 Å². The minimum atomic E-state index is -0.794. The minimum Gasteiger partial charge on any atom is -0.462 e. The third-order valence-electron chi connectivity index (χ3n) is 11.7. The van der Waals surface area contributed by atoms with Gasteiger partial charge < -0.3 is 14.2 Å². The Balaban J connectivity index is 4.38. The van der Waals surface area contributed by atoms with E-state index in [1.165, 1.54) is 122 Å². The molecule has 0 aliphatic carbocycles. The number of hydrogen-bond donors (Lipinski definition) is 0. The highest BCUT2D eigenvalue weighted by atomic mass is 16.6. The zero-order valence-corrected chi connectivity index (χ0v) is 42.7. The van der Waals surface area contributed by atoms with Gasteiger partial charge in [-0.3, -0.25) is 14.4 Å². The normalized spacial score (nSPS) is 12.6. The Hall–Kier alpha value is -3.15. The highest BCUT2D eigenvalue weighted by Crippen LogP contribution is 2.15. The molecule has 0 radical (unpaired) electrons. The number of esters is 3. The first-order valence-corrected chi connectivity index (χ1v) is 27.4. The summed E-state index contributed by atoms with van der Waals surface area (Å²) in [4.78, 5) is 38.0. The van der Waals surface area contributed by atoms with Crippen LogP contribution in [-0.4, -0.2) is 37.2 Å². The second-order valence-corrected chi connectivity index (χ2v) is 18.1. The van der Waals surface area contributed by atoms with Crippen molar-refractivity contribution >= 4 is 17.9 Å². The van der Waals surface area contributed by atoms with E-state index in [9.17, 15) is 14.4 Å². The molecule has 374 valence electrons. The summed E-state index contributed by atoms with van der Waals surface area (Å²) in [5, 5.41) is 0. The summed E-state index contributed by atoms with van der Waals surface area (Å²) in [6.07, 6.45) is 67.5. The molecule has 6 nitrogen and oxygen atoms in total. The molecular weight excluding hydrogens is 805 g/mol. The van der Waals surface area contributed by atoms with Crippen molar-refractivity contribution in [1.29, 1.82) is 0 Å². The molecular formula is C59H102O6. The molecule has 0 rings (SSSR count). The molecule has 0 bridgehead atoms. The molecule has 0 saturated carbocycles. The van der Waals surface area contributed by atoms with Crippen molar-refractivity contribution in [2.24, 2.45) is 0 Å². The molecule has 0 aliphatic heterocycles. The second-order valence-electron chi connectivity index (χ2n) is 18.1. The summed E-state index contributed by atoms with van der Waals surface area (Å²) in [7, 11) is 0. The van der Waals surface area contributed by atoms with E-state index in [1.54, 1.807) is 0 Å². The molecule has 0 aliphatic rings. The van der Waals surface area contributed by atoms with Crippen LogP contribution in [0.4, 0.5) is 0 Å². The number of rotatable bonds is 49. The Morgan fingerprint density at radius 1 is 0.323 bits per heavy atom. The van der Waals surface area contributed by atoms with Gasteiger partial charge in [-0.15, -0.1) is 0 Å². The molecule has 1 unspecified atom stereocenters. The molecule has 0 aromatic heterocycles. The lowest BCUT2D eigenvalue weighted by atomic mass is 10.0. The number of ether oxygens (including phenoxy) is 3. The Labute approximate surface area is 402 Å². The number of allylic oxidation sites excluding steroid dienone is 12. The molecule has 0 N–H and O–H groups in total. The Bertz CT molecular complexity index is 1230. The van der Waals surface area contributed by atoms with Gasteiger partial charge in [0.15, 0.2) is 6.10 Å². The summed E-state index contributed by atoms with van der Waals surface area (Å²) < 4.78 is 16.8. The van der Waals surface area contributed by atoms with Crippen molar-refractivity contribution in [2.75, 3.05) is 13.2 Å². The topological polar surface area (TPSA) is 78.9 Å². The van der Waals surface area contributed by atoms with Crippen LogP contribution in [0.25, 0.3) is 0 Å². The molecule has 0 saturated heterocycles. The predicted octanol–water partition coefficient (Wildman–Crippen LogP) is 18.2. The van der Waals surface area contributed by atoms with E-state index in [1.807, 2.05) is 0 Å². The molecule has 0 heterocycles. The van der Waals surface area contributed by atoms with Crippen molar-refractivity contribution in [3.63, 3.8) is 0 Å². The first-order chi connectivity index (χ1) is 32.0. The zero-order chi connectivity index (χ0) is 47.2. The van der Waals surface area contributed by atoms with Gasteiger partial charge in [0.25, 0.3) is 0 Å². The molecule has 0 aromatic rings. The van der Waals surface area contributed by atoms with E-state index in [0.717, 1.165) is 103 Å². The average Bonchev–Trinajstić information content (AvgIpc) is 3.30. The fourth-order valence-electron chi connectivity index (χ4n) is 7.58. The summed E-state index contributed by atoms with van der Waals surface area (Å²) in [5.41, 5.74) is 0. The summed E-state index contributed by atoms with van der Waals surface area (Å²) in [6.45, 7) is 6.49. The van der Waals surface area contributed by atoms with Crippen molar-refractivity contribution in [3.8, 4) is 0 Å². The van der Waals surface area contributed by atoms with Crippen LogP contribution >= 0.6 is 0 Å². The van der Waals surface area contributed by atoms with Crippen LogP contribution in [0.2, 0.25) is 0 Å². The Kier molecular flexibility index (Phi) is 50.9. The summed E-state index contributed by atoms with van der Waals surface area (Å²) >= 11 is 0. The van der Waals surface area contributed by atoms with Crippen LogP contribution in [0.1, 0.15) is 265 Å². The van der Waals surface area contributed by atoms with Crippen LogP contribution in [-0.2, 0) is 28.6 Å². The van der Waals surface area contributed by atoms with Gasteiger partial charge in [-0.1, -0.05) is 229 Å². The monoisotopic (exact) mass is 907 g/mol. The number of hydrogen-bond acceptors (Lipinski definition) is 6. The lowest BCUT2D eigenvalue weighted by Gasteiger charge is -2.18. The van der Waals surface area contributed by atoms with Gasteiger partial charge in [-0.2, -0.15) is 0 Å². The van der Waals surface area contributed by atoms with Gasteiger partial charge in [-0.05, 0) is 89.9 Å². The van der Waals surface area contributed by atoms with Crippen molar-refractivity contribution in [3.05, 3.63) is 72.9 Å². The SMILES string of the molecule is CC/C=C\C/C=C\C/C=C\CCCCCC(=O)OC(COC(=O)CCCCCCCC/C=C\C/C=C\C/C=C\CCCCCCC)COC(=O)CCCCCCCCCCCCCCC. The van der Waals surface area contributed by atoms with Crippen molar-refractivity contribution in [2.45, 2.75) is 271 Å². The van der Waals surface area contributed by atoms with Crippen LogP contribution < -0.4 is 0 Å². The summed E-state index contributed by atoms with van der Waals surface area (Å²) in [6, 6.07) is 0. The van der Waals surface area contributed by atoms with Crippen molar-refractivity contribution < 1.29 is 28.6 Å². The molecule has 0 fully saturated rings. The molecule has 1 atom stereocenters. The van der Waals surface area contributed by atoms with Gasteiger partial charge in [0.2, 0.25) is 0 Å². The van der Waals surface area contributed by atoms with Crippen LogP contribution in [0.15, 0.2) is 72.9 Å². The lowest BCUT2D eigenvalue weighted by Crippen LogP contribution is -2.30. The van der Waals surface area contributed by atoms with E-state index in [-0.39, 0.29) is 31.1 Å². The second kappa shape index (κ2) is 53.5. The standard InChI is InChI=1S/C59H102O6/c1-4-7-10-13-16-19-22-25-26-27-28-29-30-31-32-35-37-40-43-46-49-52-58(61)64-55-56(65-59(62)53-50-47-44-41-38-34-24-21-18-15-12-9-6-3)54-63-57(60)51-48-45-42-39-36-33-23-20-17-14-11-8-5-2/h9,12,18,21-22,25,27-28,30-31,34,38,56H,4-8,10-11,13-17,19-20,23-24,26,29,32-33,35-37,39-55H2,1-3H3/b12-9-,21-18-,25-22-,28-27-,31-30-,38-34-. The predicted molar refractivity (Wildman–Crippen MR) is 279 cm³/mol. The highest BCUT2D eigenvalue weighted by molar-refractivity contribution is 5.71. The van der Waals surface area contributed by atoms with Crippen molar-refractivity contribution in [1.82, 2.24) is 0 Å². The van der Waals surface area contributed by atoms with E-state index in [0.29, 0.717) is 19.3 Å². The van der Waals surface area contributed by atoms with E-state index >= 15 is 0 Å². The van der Waals surface area contributed by atoms with Gasteiger partial charge in [0, 0.05) is 19.3 Å². The Morgan fingerprint density at radius 2 is 0.600 bits per heavy atom. The third kappa shape index (κ3) is 51.7. The molecule has 0 amide bonds. The van der Waals surface area contributed by atoms with E-state index in [4.69, 9.17) is 14.2 Å². The van der Waals surface area contributed by atoms with Gasteiger partial charge in [0.1, 0.15) is 13.2 Å². The maximum absolute atomic E-state index is 12.8. The largest absolute Gasteiger partial charge is 0.462 e. The molecule has 0 aromatic carbocycles. The van der Waals surface area contributed by atoms with E-state index < -0.39 is 6.10 Å². The van der Waals surface area contributed by atoms with Gasteiger partial charge in [-0.25, -0.2) is 0 Å². The fraction of sp³-hybridized carbons (Fsp3) is 0.746. The molecule has 6 heteroatoms. The first kappa shape index (κ1) is 61.9. The maximum Gasteiger partial charge on any atom is 0.306 e. The quantitative estimate of drug-likeness (QED) is 0.0262. The summed E-state index contributed by atoms with van der Waals surface area (Å²) in [5.74, 6) is -0.928. The third-order valence-corrected chi connectivity index (χ3v) is 11.7. The van der Waals surface area contributed by atoms with E-state index in [2.05, 4.69) is 93.7 Å². The minimum absolute atomic E-state index is 0.0900. The average molecular weight is 907 g/mol. The number of unbranched alkanes of at least 4 members (excludes halogenated alkanes) is 26. The zero-order valence-electron chi connectivity index (χ0n) is 42.7. The molecule has 0 spiro atoms. The first-order valence-electron chi connectivity index (χ1n) is 27.4. The van der Waals surface area contributed by atoms with Crippen LogP contribution in [0.3, 0.4) is 0 Å². The lowest BCUT2D eigenvalue weighted by molar-refractivity contribution is -0.167. The number of carbonyl (C=O) groups is 3.